The van der Waals surface area contributed by atoms with Gasteiger partial charge in [-0.05, 0) is 12.1 Å². The van der Waals surface area contributed by atoms with Crippen molar-refractivity contribution in [3.63, 3.8) is 0 Å². The van der Waals surface area contributed by atoms with Crippen LogP contribution in [0.2, 0.25) is 0 Å². The number of hydrogen-bond donors (Lipinski definition) is 1. The van der Waals surface area contributed by atoms with E-state index < -0.39 is 5.97 Å². The van der Waals surface area contributed by atoms with Gasteiger partial charge in [-0.15, -0.1) is 0 Å². The van der Waals surface area contributed by atoms with Crippen LogP contribution in [-0.2, 0) is 0 Å². The first kappa shape index (κ1) is 9.75. The van der Waals surface area contributed by atoms with Crippen molar-refractivity contribution in [3.8, 4) is 11.8 Å². The monoisotopic (exact) mass is 239 g/mol. The Bertz CT molecular complexity index is 379. The number of carboxylic acid groups (broad SMARTS) is 1. The van der Waals surface area contributed by atoms with Crippen LogP contribution in [0.4, 0.5) is 0 Å². The molecule has 0 aliphatic heterocycles. The largest absolute Gasteiger partial charge is 0.477 e. The fourth-order valence-corrected chi connectivity index (χ4v) is 0.901. The van der Waals surface area contributed by atoms with Gasteiger partial charge in [0.25, 0.3) is 0 Å². The molecule has 0 aromatic carbocycles. The van der Waals surface area contributed by atoms with Crippen molar-refractivity contribution >= 4 is 21.9 Å². The van der Waals surface area contributed by atoms with Crippen molar-refractivity contribution < 1.29 is 9.90 Å². The van der Waals surface area contributed by atoms with E-state index in [9.17, 15) is 4.79 Å². The molecule has 1 aromatic rings. The van der Waals surface area contributed by atoms with Gasteiger partial charge in [0.2, 0.25) is 0 Å². The lowest BCUT2D eigenvalue weighted by Gasteiger charge is -1.92. The smallest absolute Gasteiger partial charge is 0.354 e. The van der Waals surface area contributed by atoms with Crippen LogP contribution in [0.15, 0.2) is 18.3 Å². The average Bonchev–Trinajstić information content (AvgIpc) is 2.15. The Morgan fingerprint density at radius 3 is 3.08 bits per heavy atom. The second-order valence-corrected chi connectivity index (χ2v) is 2.73. The van der Waals surface area contributed by atoms with Gasteiger partial charge in [0.05, 0.1) is 5.33 Å². The summed E-state index contributed by atoms with van der Waals surface area (Å²) in [7, 11) is 0. The Balaban J connectivity index is 2.98. The summed E-state index contributed by atoms with van der Waals surface area (Å²) >= 11 is 3.15. The molecule has 0 saturated carbocycles. The van der Waals surface area contributed by atoms with E-state index in [4.69, 9.17) is 5.11 Å². The molecule has 0 amide bonds. The van der Waals surface area contributed by atoms with Crippen LogP contribution in [-0.4, -0.2) is 21.4 Å². The maximum Gasteiger partial charge on any atom is 0.354 e. The lowest BCUT2D eigenvalue weighted by atomic mass is 10.2. The Morgan fingerprint density at radius 2 is 2.46 bits per heavy atom. The topological polar surface area (TPSA) is 50.2 Å². The second kappa shape index (κ2) is 4.63. The van der Waals surface area contributed by atoms with Crippen molar-refractivity contribution in [1.82, 2.24) is 4.98 Å². The van der Waals surface area contributed by atoms with Crippen LogP contribution in [0, 0.1) is 11.8 Å². The van der Waals surface area contributed by atoms with Gasteiger partial charge in [-0.2, -0.15) is 0 Å². The van der Waals surface area contributed by atoms with Gasteiger partial charge in [-0.1, -0.05) is 27.8 Å². The van der Waals surface area contributed by atoms with Crippen LogP contribution in [0.25, 0.3) is 0 Å². The van der Waals surface area contributed by atoms with Gasteiger partial charge in [-0.25, -0.2) is 9.78 Å². The first-order valence-corrected chi connectivity index (χ1v) is 4.60. The fraction of sp³-hybridized carbons (Fsp3) is 0.111. The first-order valence-electron chi connectivity index (χ1n) is 3.48. The van der Waals surface area contributed by atoms with E-state index in [1.807, 2.05) is 0 Å². The van der Waals surface area contributed by atoms with Gasteiger partial charge in [0.15, 0.2) is 0 Å². The highest BCUT2D eigenvalue weighted by molar-refractivity contribution is 9.09. The number of rotatable bonds is 1. The van der Waals surface area contributed by atoms with E-state index in [0.717, 1.165) is 0 Å². The average molecular weight is 240 g/mol. The summed E-state index contributed by atoms with van der Waals surface area (Å²) in [5.41, 5.74) is 0.674. The van der Waals surface area contributed by atoms with E-state index in [0.29, 0.717) is 10.9 Å². The number of carbonyl (C=O) groups is 1. The van der Waals surface area contributed by atoms with Gasteiger partial charge in [0.1, 0.15) is 5.69 Å². The molecule has 0 fully saturated rings. The van der Waals surface area contributed by atoms with Gasteiger partial charge in [0, 0.05) is 11.8 Å². The highest BCUT2D eigenvalue weighted by atomic mass is 79.9. The summed E-state index contributed by atoms with van der Waals surface area (Å²) in [5, 5.41) is 9.18. The Hall–Kier alpha value is -1.34. The molecule has 0 aliphatic carbocycles. The molecular weight excluding hydrogens is 234 g/mol. The summed E-state index contributed by atoms with van der Waals surface area (Å²) in [5.74, 6) is 4.53. The molecule has 0 saturated heterocycles. The lowest BCUT2D eigenvalue weighted by Crippen LogP contribution is -1.99. The third-order valence-corrected chi connectivity index (χ3v) is 1.56. The van der Waals surface area contributed by atoms with Crippen LogP contribution in [0.3, 0.4) is 0 Å². The molecule has 0 radical (unpaired) electrons. The van der Waals surface area contributed by atoms with Gasteiger partial charge < -0.3 is 5.11 Å². The molecule has 1 heterocycles. The zero-order valence-electron chi connectivity index (χ0n) is 6.62. The Morgan fingerprint density at radius 1 is 1.69 bits per heavy atom. The summed E-state index contributed by atoms with van der Waals surface area (Å²) < 4.78 is 0. The van der Waals surface area contributed by atoms with Crippen LogP contribution in [0.5, 0.6) is 0 Å². The van der Waals surface area contributed by atoms with Crippen molar-refractivity contribution in [3.05, 3.63) is 29.6 Å². The molecule has 1 rings (SSSR count). The quantitative estimate of drug-likeness (QED) is 0.598. The lowest BCUT2D eigenvalue weighted by molar-refractivity contribution is 0.0690. The van der Waals surface area contributed by atoms with Crippen molar-refractivity contribution in [2.24, 2.45) is 0 Å². The minimum Gasteiger partial charge on any atom is -0.477 e. The van der Waals surface area contributed by atoms with Crippen LogP contribution in [0.1, 0.15) is 16.1 Å². The molecule has 0 bridgehead atoms. The maximum atomic E-state index is 10.5. The van der Waals surface area contributed by atoms with Crippen molar-refractivity contribution in [2.75, 3.05) is 5.33 Å². The van der Waals surface area contributed by atoms with E-state index in [1.54, 1.807) is 6.07 Å². The predicted octanol–water partition coefficient (Wildman–Crippen LogP) is 1.53. The summed E-state index contributed by atoms with van der Waals surface area (Å²) in [4.78, 5) is 14.2. The maximum absolute atomic E-state index is 10.5. The number of aromatic carboxylic acids is 1. The molecule has 66 valence electrons. The molecule has 4 heteroatoms. The molecule has 0 aliphatic rings. The zero-order chi connectivity index (χ0) is 9.68. The number of hydrogen-bond acceptors (Lipinski definition) is 2. The number of carboxylic acids is 1. The minimum absolute atomic E-state index is 0.0152. The molecule has 0 atom stereocenters. The minimum atomic E-state index is -1.04. The Labute approximate surface area is 83.9 Å². The van der Waals surface area contributed by atoms with Crippen molar-refractivity contribution in [1.29, 1.82) is 0 Å². The number of halogens is 1. The normalized spacial score (nSPS) is 8.69. The third kappa shape index (κ3) is 2.88. The molecule has 13 heavy (non-hydrogen) atoms. The van der Waals surface area contributed by atoms with Crippen LogP contribution < -0.4 is 0 Å². The van der Waals surface area contributed by atoms with E-state index in [2.05, 4.69) is 32.8 Å². The summed E-state index contributed by atoms with van der Waals surface area (Å²) in [6, 6.07) is 3.11. The van der Waals surface area contributed by atoms with Crippen LogP contribution >= 0.6 is 15.9 Å². The predicted molar refractivity (Wildman–Crippen MR) is 51.9 cm³/mol. The summed E-state index contributed by atoms with van der Waals surface area (Å²) in [6.07, 6.45) is 1.43. The number of pyridine rings is 1. The summed E-state index contributed by atoms with van der Waals surface area (Å²) in [6.45, 7) is 0. The molecule has 3 nitrogen and oxygen atoms in total. The zero-order valence-corrected chi connectivity index (χ0v) is 8.21. The molecule has 1 aromatic heterocycles. The second-order valence-electron chi connectivity index (χ2n) is 2.17. The van der Waals surface area contributed by atoms with Gasteiger partial charge in [-0.3, -0.25) is 0 Å². The highest BCUT2D eigenvalue weighted by Gasteiger charge is 2.02. The first-order chi connectivity index (χ1) is 6.24. The number of alkyl halides is 1. The molecular formula is C9H6BrNO2. The number of aromatic nitrogens is 1. The Kier molecular flexibility index (Phi) is 3.47. The van der Waals surface area contributed by atoms with E-state index >= 15 is 0 Å². The third-order valence-electron chi connectivity index (χ3n) is 1.28. The van der Waals surface area contributed by atoms with Crippen molar-refractivity contribution in [2.45, 2.75) is 0 Å². The SMILES string of the molecule is O=C(O)c1cc(C#CCBr)ccn1. The molecule has 1 N–H and O–H groups in total. The van der Waals surface area contributed by atoms with E-state index in [-0.39, 0.29) is 5.69 Å². The highest BCUT2D eigenvalue weighted by Crippen LogP contribution is 1.99. The van der Waals surface area contributed by atoms with Gasteiger partial charge >= 0.3 is 5.97 Å². The fourth-order valence-electron chi connectivity index (χ4n) is 0.761. The molecule has 0 spiro atoms. The number of nitrogens with zero attached hydrogens (tertiary/aromatic N) is 1. The standard InChI is InChI=1S/C9H6BrNO2/c10-4-1-2-7-3-5-11-8(6-7)9(12)13/h3,5-6H,4H2,(H,12,13). The molecule has 0 unspecified atom stereocenters. The van der Waals surface area contributed by atoms with E-state index in [1.165, 1.54) is 12.3 Å².